The van der Waals surface area contributed by atoms with Crippen LogP contribution in [-0.4, -0.2) is 19.5 Å². The van der Waals surface area contributed by atoms with E-state index in [1.54, 1.807) is 0 Å². The lowest BCUT2D eigenvalue weighted by Gasteiger charge is -2.14. The average Bonchev–Trinajstić information content (AvgIpc) is 4.10. The Morgan fingerprint density at radius 3 is 0.861 bits per heavy atom. The number of fused-ring (bicyclic) bond motifs is 3. The molecule has 0 atom stereocenters. The number of para-hydroxylation sites is 2. The van der Waals surface area contributed by atoms with E-state index in [4.69, 9.17) is 15.0 Å². The first-order chi connectivity index (χ1) is 39.1. The molecule has 2 heterocycles. The van der Waals surface area contributed by atoms with Gasteiger partial charge in [0.2, 0.25) is 0 Å². The summed E-state index contributed by atoms with van der Waals surface area (Å²) in [6.07, 6.45) is 0. The number of benzene rings is 12. The van der Waals surface area contributed by atoms with E-state index in [9.17, 15) is 0 Å². The highest BCUT2D eigenvalue weighted by atomic mass is 15.0. The van der Waals surface area contributed by atoms with E-state index in [0.29, 0.717) is 17.5 Å². The maximum atomic E-state index is 5.38. The zero-order valence-corrected chi connectivity index (χ0v) is 43.2. The second-order valence-electron chi connectivity index (χ2n) is 20.0. The fraction of sp³-hybridized carbons (Fsp3) is 0. The van der Waals surface area contributed by atoms with Crippen molar-refractivity contribution >= 4 is 21.8 Å². The first kappa shape index (κ1) is 46.9. The topological polar surface area (TPSA) is 43.6 Å². The van der Waals surface area contributed by atoms with Gasteiger partial charge in [-0.3, -0.25) is 0 Å². The average molecular weight is 1010 g/mol. The number of aromatic nitrogens is 4. The highest BCUT2D eigenvalue weighted by molar-refractivity contribution is 6.10. The molecule has 14 aromatic rings. The molecular formula is C75H50N4. The van der Waals surface area contributed by atoms with Gasteiger partial charge in [0, 0.05) is 33.2 Å². The molecule has 12 aromatic carbocycles. The molecule has 0 unspecified atom stereocenters. The van der Waals surface area contributed by atoms with E-state index < -0.39 is 0 Å². The van der Waals surface area contributed by atoms with Crippen LogP contribution in [0, 0.1) is 0 Å². The van der Waals surface area contributed by atoms with Crippen molar-refractivity contribution in [3.05, 3.63) is 303 Å². The molecule has 0 aliphatic rings. The molecule has 0 saturated heterocycles. The van der Waals surface area contributed by atoms with Crippen LogP contribution < -0.4 is 0 Å². The summed E-state index contributed by atoms with van der Waals surface area (Å²) in [5, 5.41) is 2.41. The lowest BCUT2D eigenvalue weighted by molar-refractivity contribution is 1.07. The van der Waals surface area contributed by atoms with Crippen LogP contribution in [0.4, 0.5) is 0 Å². The number of nitrogens with zero attached hydrogens (tertiary/aromatic N) is 4. The minimum absolute atomic E-state index is 0.590. The van der Waals surface area contributed by atoms with Gasteiger partial charge in [-0.25, -0.2) is 15.0 Å². The summed E-state index contributed by atoms with van der Waals surface area (Å²) in [7, 11) is 0. The smallest absolute Gasteiger partial charge is 0.164 e. The molecule has 4 nitrogen and oxygen atoms in total. The molecule has 0 aliphatic carbocycles. The fourth-order valence-corrected chi connectivity index (χ4v) is 11.1. The summed E-state index contributed by atoms with van der Waals surface area (Å²) in [6.45, 7) is 0. The molecule has 0 aliphatic heterocycles. The standard InChI is InChI=1S/C75H50N4/c1-6-21-51(22-7-1)62-44-63(52-23-8-2-9-24-52)47-66(46-62)56-30-19-33-60(42-56)74-76-73(59-32-18-29-55(41-59)58-39-40-72-70(50-58)69-37-16-17-38-71(69)79(72)68-35-14-5-15-36-68)77-75(78-74)61-34-20-31-57(43-61)67-48-64(53-25-10-3-11-26-53)45-65(49-67)54-27-12-4-13-28-54/h1-50H. The molecular weight excluding hydrogens is 957 g/mol. The molecule has 0 radical (unpaired) electrons. The van der Waals surface area contributed by atoms with Gasteiger partial charge < -0.3 is 4.57 Å². The Bertz CT molecular complexity index is 4210. The summed E-state index contributed by atoms with van der Waals surface area (Å²) in [5.41, 5.74) is 21.9. The van der Waals surface area contributed by atoms with Gasteiger partial charge in [0.15, 0.2) is 17.5 Å². The summed E-state index contributed by atoms with van der Waals surface area (Å²) < 4.78 is 2.35. The molecule has 2 aromatic heterocycles. The van der Waals surface area contributed by atoms with Crippen molar-refractivity contribution in [3.63, 3.8) is 0 Å². The van der Waals surface area contributed by atoms with Gasteiger partial charge in [-0.05, 0) is 163 Å². The summed E-state index contributed by atoms with van der Waals surface area (Å²) in [6, 6.07) is 108. The Morgan fingerprint density at radius 1 is 0.177 bits per heavy atom. The third-order valence-corrected chi connectivity index (χ3v) is 15.0. The van der Waals surface area contributed by atoms with Gasteiger partial charge in [-0.2, -0.15) is 0 Å². The van der Waals surface area contributed by atoms with Crippen molar-refractivity contribution in [1.29, 1.82) is 0 Å². The predicted octanol–water partition coefficient (Wildman–Crippen LogP) is 19.6. The SMILES string of the molecule is c1ccc(-c2cc(-c3ccccc3)cc(-c3cccc(-c4nc(-c5cccc(-c6cc(-c7ccccc7)cc(-c7ccccc7)c6)c5)nc(-c5cccc(-c6ccc7c(c6)c6ccccc6n7-c6ccccc6)c5)n4)c3)c2)cc1. The van der Waals surface area contributed by atoms with Crippen molar-refractivity contribution in [2.45, 2.75) is 0 Å². The van der Waals surface area contributed by atoms with Crippen LogP contribution in [0.3, 0.4) is 0 Å². The van der Waals surface area contributed by atoms with Crippen LogP contribution in [-0.2, 0) is 0 Å². The van der Waals surface area contributed by atoms with Gasteiger partial charge in [-0.15, -0.1) is 0 Å². The molecule has 0 spiro atoms. The van der Waals surface area contributed by atoms with E-state index in [-0.39, 0.29) is 0 Å². The molecule has 0 amide bonds. The van der Waals surface area contributed by atoms with Crippen molar-refractivity contribution < 1.29 is 0 Å². The number of hydrogen-bond donors (Lipinski definition) is 0. The van der Waals surface area contributed by atoms with Gasteiger partial charge in [-0.1, -0.05) is 218 Å². The highest BCUT2D eigenvalue weighted by Gasteiger charge is 2.18. The lowest BCUT2D eigenvalue weighted by Crippen LogP contribution is -2.00. The second kappa shape index (κ2) is 20.5. The Balaban J connectivity index is 0.912. The maximum absolute atomic E-state index is 5.38. The summed E-state index contributed by atoms with van der Waals surface area (Å²) >= 11 is 0. The quantitative estimate of drug-likeness (QED) is 0.130. The van der Waals surface area contributed by atoms with E-state index in [1.807, 2.05) is 0 Å². The summed E-state index contributed by atoms with van der Waals surface area (Å²) in [4.78, 5) is 16.1. The van der Waals surface area contributed by atoms with Crippen molar-refractivity contribution in [2.75, 3.05) is 0 Å². The summed E-state index contributed by atoms with van der Waals surface area (Å²) in [5.74, 6) is 1.77. The molecule has 0 fully saturated rings. The predicted molar refractivity (Wildman–Crippen MR) is 329 cm³/mol. The molecule has 370 valence electrons. The van der Waals surface area contributed by atoms with E-state index in [1.165, 1.54) is 16.3 Å². The third kappa shape index (κ3) is 9.39. The van der Waals surface area contributed by atoms with Gasteiger partial charge in [0.1, 0.15) is 0 Å². The Hall–Kier alpha value is -10.6. The Labute approximate surface area is 460 Å². The monoisotopic (exact) mass is 1010 g/mol. The molecule has 4 heteroatoms. The van der Waals surface area contributed by atoms with Gasteiger partial charge >= 0.3 is 0 Å². The zero-order valence-electron chi connectivity index (χ0n) is 43.2. The Kier molecular flexibility index (Phi) is 12.2. The first-order valence-electron chi connectivity index (χ1n) is 26.8. The van der Waals surface area contributed by atoms with Gasteiger partial charge in [0.05, 0.1) is 11.0 Å². The van der Waals surface area contributed by atoms with Crippen LogP contribution in [0.2, 0.25) is 0 Å². The van der Waals surface area contributed by atoms with Crippen LogP contribution in [0.5, 0.6) is 0 Å². The largest absolute Gasteiger partial charge is 0.309 e. The van der Waals surface area contributed by atoms with E-state index >= 15 is 0 Å². The molecule has 14 rings (SSSR count). The third-order valence-electron chi connectivity index (χ3n) is 15.0. The van der Waals surface area contributed by atoms with Crippen LogP contribution in [0.15, 0.2) is 303 Å². The van der Waals surface area contributed by atoms with Crippen molar-refractivity contribution in [3.8, 4) is 118 Å². The van der Waals surface area contributed by atoms with E-state index in [2.05, 4.69) is 308 Å². The normalized spacial score (nSPS) is 11.3. The van der Waals surface area contributed by atoms with Crippen LogP contribution in [0.1, 0.15) is 0 Å². The molecule has 0 N–H and O–H groups in total. The fourth-order valence-electron chi connectivity index (χ4n) is 11.1. The minimum atomic E-state index is 0.590. The van der Waals surface area contributed by atoms with Crippen molar-refractivity contribution in [1.82, 2.24) is 19.5 Å². The molecule has 0 saturated carbocycles. The maximum Gasteiger partial charge on any atom is 0.164 e. The highest BCUT2D eigenvalue weighted by Crippen LogP contribution is 2.39. The Morgan fingerprint density at radius 2 is 0.456 bits per heavy atom. The van der Waals surface area contributed by atoms with Crippen LogP contribution in [0.25, 0.3) is 140 Å². The van der Waals surface area contributed by atoms with Gasteiger partial charge in [0.25, 0.3) is 0 Å². The van der Waals surface area contributed by atoms with Crippen molar-refractivity contribution in [2.24, 2.45) is 0 Å². The second-order valence-corrected chi connectivity index (χ2v) is 20.0. The first-order valence-corrected chi connectivity index (χ1v) is 26.8. The van der Waals surface area contributed by atoms with Crippen LogP contribution >= 0.6 is 0 Å². The zero-order chi connectivity index (χ0) is 52.5. The lowest BCUT2D eigenvalue weighted by atomic mass is 9.92. The minimum Gasteiger partial charge on any atom is -0.309 e. The van der Waals surface area contributed by atoms with E-state index in [0.717, 1.165) is 106 Å². The number of hydrogen-bond acceptors (Lipinski definition) is 3. The molecule has 0 bridgehead atoms. The number of rotatable bonds is 11. The molecule has 79 heavy (non-hydrogen) atoms.